The Labute approximate surface area is 148 Å². The fourth-order valence-electron chi connectivity index (χ4n) is 2.49. The lowest BCUT2D eigenvalue weighted by Gasteiger charge is -2.14. The molecule has 0 N–H and O–H groups in total. The molecule has 0 aliphatic carbocycles. The van der Waals surface area contributed by atoms with Gasteiger partial charge in [-0.25, -0.2) is 0 Å². The Kier molecular flexibility index (Phi) is 4.20. The fraction of sp³-hybridized carbons (Fsp3) is 0.250. The highest BCUT2D eigenvalue weighted by Crippen LogP contribution is 2.30. The normalized spacial score (nSPS) is 11.1. The van der Waals surface area contributed by atoms with Crippen LogP contribution in [0.1, 0.15) is 21.1 Å². The van der Waals surface area contributed by atoms with Gasteiger partial charge in [-0.1, -0.05) is 12.1 Å². The summed E-state index contributed by atoms with van der Waals surface area (Å²) in [5.74, 6) is 0. The molecule has 3 aromatic rings. The number of benzene rings is 1. The molecule has 0 amide bonds. The Morgan fingerprint density at radius 1 is 0.727 bits per heavy atom. The molecule has 114 valence electrons. The number of aryl methyl sites for hydroxylation is 2. The molecule has 0 saturated heterocycles. The summed E-state index contributed by atoms with van der Waals surface area (Å²) in [5, 5.41) is 0. The Morgan fingerprint density at radius 3 is 1.36 bits per heavy atom. The van der Waals surface area contributed by atoms with E-state index in [1.807, 2.05) is 12.1 Å². The van der Waals surface area contributed by atoms with Crippen LogP contribution in [0.15, 0.2) is 24.3 Å². The average molecular weight is 365 g/mol. The quantitative estimate of drug-likeness (QED) is 0.510. The predicted molar refractivity (Wildman–Crippen MR) is 101 cm³/mol. The SMILES string of the molecule is Cc1sc(=S)n(-c2ccccc2-n2c(C)c(C)sc2=S)c1C. The molecule has 2 aromatic heterocycles. The van der Waals surface area contributed by atoms with E-state index in [9.17, 15) is 0 Å². The fourth-order valence-corrected chi connectivity index (χ4v) is 5.37. The molecule has 0 bridgehead atoms. The Bertz CT molecular complexity index is 890. The highest BCUT2D eigenvalue weighted by Gasteiger charge is 2.15. The third-order valence-electron chi connectivity index (χ3n) is 3.90. The summed E-state index contributed by atoms with van der Waals surface area (Å²) in [6.07, 6.45) is 0. The van der Waals surface area contributed by atoms with Gasteiger partial charge in [0.05, 0.1) is 11.4 Å². The maximum Gasteiger partial charge on any atom is 0.166 e. The standard InChI is InChI=1S/C16H16N2S4/c1-9-11(3)21-15(19)17(9)13-7-5-6-8-14(13)18-10(2)12(4)22-16(18)20/h5-8H,1-4H3. The van der Waals surface area contributed by atoms with Gasteiger partial charge in [-0.05, 0) is 64.3 Å². The highest BCUT2D eigenvalue weighted by atomic mass is 32.2. The summed E-state index contributed by atoms with van der Waals surface area (Å²) >= 11 is 14.4. The van der Waals surface area contributed by atoms with E-state index in [0.29, 0.717) is 0 Å². The third kappa shape index (κ3) is 2.44. The first-order valence-electron chi connectivity index (χ1n) is 6.89. The van der Waals surface area contributed by atoms with E-state index >= 15 is 0 Å². The lowest BCUT2D eigenvalue weighted by molar-refractivity contribution is 0.932. The molecule has 2 nitrogen and oxygen atoms in total. The van der Waals surface area contributed by atoms with Crippen molar-refractivity contribution in [3.63, 3.8) is 0 Å². The van der Waals surface area contributed by atoms with Gasteiger partial charge in [0, 0.05) is 21.1 Å². The van der Waals surface area contributed by atoms with Gasteiger partial charge >= 0.3 is 0 Å². The summed E-state index contributed by atoms with van der Waals surface area (Å²) < 4.78 is 6.05. The predicted octanol–water partition coefficient (Wildman–Crippen LogP) is 6.08. The molecule has 0 radical (unpaired) electrons. The van der Waals surface area contributed by atoms with Gasteiger partial charge in [0.1, 0.15) is 0 Å². The average Bonchev–Trinajstić information content (AvgIpc) is 2.87. The number of rotatable bonds is 2. The number of hydrogen-bond donors (Lipinski definition) is 0. The second-order valence-corrected chi connectivity index (χ2v) is 8.88. The second kappa shape index (κ2) is 5.85. The first-order chi connectivity index (χ1) is 10.4. The van der Waals surface area contributed by atoms with Crippen molar-refractivity contribution in [2.45, 2.75) is 27.7 Å². The smallest absolute Gasteiger partial charge is 0.166 e. The Hall–Kier alpha value is -1.08. The zero-order valence-corrected chi connectivity index (χ0v) is 16.1. The van der Waals surface area contributed by atoms with Gasteiger partial charge in [0.25, 0.3) is 0 Å². The van der Waals surface area contributed by atoms with E-state index in [2.05, 4.69) is 49.0 Å². The molecule has 0 aliphatic rings. The van der Waals surface area contributed by atoms with Crippen molar-refractivity contribution in [1.29, 1.82) is 0 Å². The van der Waals surface area contributed by atoms with Gasteiger partial charge in [-0.15, -0.1) is 22.7 Å². The van der Waals surface area contributed by atoms with E-state index < -0.39 is 0 Å². The zero-order chi connectivity index (χ0) is 16.0. The molecule has 1 aromatic carbocycles. The summed E-state index contributed by atoms with van der Waals surface area (Å²) in [6.45, 7) is 8.45. The van der Waals surface area contributed by atoms with Crippen LogP contribution < -0.4 is 0 Å². The van der Waals surface area contributed by atoms with E-state index in [-0.39, 0.29) is 0 Å². The Balaban J connectivity index is 2.37. The molecule has 3 rings (SSSR count). The lowest BCUT2D eigenvalue weighted by Crippen LogP contribution is -2.05. The molecule has 2 heterocycles. The van der Waals surface area contributed by atoms with Gasteiger partial charge < -0.3 is 0 Å². The third-order valence-corrected chi connectivity index (χ3v) is 6.68. The van der Waals surface area contributed by atoms with Crippen LogP contribution in [-0.2, 0) is 0 Å². The van der Waals surface area contributed by atoms with Crippen LogP contribution >= 0.6 is 47.1 Å². The van der Waals surface area contributed by atoms with Crippen molar-refractivity contribution in [3.05, 3.63) is 53.3 Å². The first-order valence-corrected chi connectivity index (χ1v) is 9.34. The molecular formula is C16H16N2S4. The van der Waals surface area contributed by atoms with Crippen molar-refractivity contribution in [3.8, 4) is 11.4 Å². The van der Waals surface area contributed by atoms with Gasteiger partial charge in [-0.3, -0.25) is 9.13 Å². The lowest BCUT2D eigenvalue weighted by atomic mass is 10.2. The van der Waals surface area contributed by atoms with Crippen molar-refractivity contribution in [2.24, 2.45) is 0 Å². The maximum absolute atomic E-state index is 5.57. The molecule has 0 saturated carbocycles. The Morgan fingerprint density at radius 2 is 1.09 bits per heavy atom. The number of nitrogens with zero attached hydrogens (tertiary/aromatic N) is 2. The summed E-state index contributed by atoms with van der Waals surface area (Å²) in [4.78, 5) is 2.50. The molecule has 0 spiro atoms. The molecule has 6 heteroatoms. The summed E-state index contributed by atoms with van der Waals surface area (Å²) in [5.41, 5.74) is 4.56. The van der Waals surface area contributed by atoms with E-state index in [4.69, 9.17) is 24.4 Å². The zero-order valence-electron chi connectivity index (χ0n) is 12.8. The van der Waals surface area contributed by atoms with Gasteiger partial charge in [-0.2, -0.15) is 0 Å². The number of para-hydroxylation sites is 2. The van der Waals surface area contributed by atoms with Gasteiger partial charge in [0.2, 0.25) is 0 Å². The maximum atomic E-state index is 5.57. The van der Waals surface area contributed by atoms with Crippen LogP contribution in [0.4, 0.5) is 0 Å². The second-order valence-electron chi connectivity index (χ2n) is 5.18. The van der Waals surface area contributed by atoms with Crippen LogP contribution in [0.2, 0.25) is 0 Å². The minimum absolute atomic E-state index is 0.874. The topological polar surface area (TPSA) is 9.86 Å². The van der Waals surface area contributed by atoms with E-state index in [0.717, 1.165) is 19.3 Å². The minimum atomic E-state index is 0.874. The summed E-state index contributed by atoms with van der Waals surface area (Å²) in [7, 11) is 0. The van der Waals surface area contributed by atoms with E-state index in [1.54, 1.807) is 22.7 Å². The number of thiazole rings is 2. The van der Waals surface area contributed by atoms with Crippen molar-refractivity contribution >= 4 is 47.1 Å². The molecule has 0 atom stereocenters. The van der Waals surface area contributed by atoms with Crippen molar-refractivity contribution in [1.82, 2.24) is 9.13 Å². The minimum Gasteiger partial charge on any atom is -0.294 e. The van der Waals surface area contributed by atoms with Crippen LogP contribution in [0.5, 0.6) is 0 Å². The highest BCUT2D eigenvalue weighted by molar-refractivity contribution is 7.73. The van der Waals surface area contributed by atoms with Crippen LogP contribution in [0.3, 0.4) is 0 Å². The van der Waals surface area contributed by atoms with Crippen molar-refractivity contribution in [2.75, 3.05) is 0 Å². The number of hydrogen-bond acceptors (Lipinski definition) is 4. The largest absolute Gasteiger partial charge is 0.294 e. The molecular weight excluding hydrogens is 348 g/mol. The van der Waals surface area contributed by atoms with Crippen molar-refractivity contribution < 1.29 is 0 Å². The molecule has 0 unspecified atom stereocenters. The van der Waals surface area contributed by atoms with Crippen LogP contribution in [0, 0.1) is 35.6 Å². The molecule has 0 aliphatic heterocycles. The first kappa shape index (κ1) is 15.8. The molecule has 22 heavy (non-hydrogen) atoms. The van der Waals surface area contributed by atoms with Crippen LogP contribution in [0.25, 0.3) is 11.4 Å². The van der Waals surface area contributed by atoms with Crippen LogP contribution in [-0.4, -0.2) is 9.13 Å². The monoisotopic (exact) mass is 364 g/mol. The summed E-state index contributed by atoms with van der Waals surface area (Å²) in [6, 6.07) is 8.31. The molecule has 0 fully saturated rings. The van der Waals surface area contributed by atoms with Gasteiger partial charge in [0.15, 0.2) is 7.91 Å². The van der Waals surface area contributed by atoms with E-state index in [1.165, 1.54) is 21.1 Å². The number of aromatic nitrogens is 2.